The molecule has 1 amide bonds. The lowest BCUT2D eigenvalue weighted by molar-refractivity contribution is -0.138. The van der Waals surface area contributed by atoms with Crippen molar-refractivity contribution in [1.29, 1.82) is 0 Å². The van der Waals surface area contributed by atoms with Crippen LogP contribution in [0.3, 0.4) is 0 Å². The summed E-state index contributed by atoms with van der Waals surface area (Å²) in [6, 6.07) is 5.91. The number of morpholine rings is 1. The third kappa shape index (κ3) is 5.32. The Bertz CT molecular complexity index is 693. The van der Waals surface area contributed by atoms with Crippen LogP contribution in [-0.2, 0) is 22.4 Å². The van der Waals surface area contributed by atoms with Crippen molar-refractivity contribution >= 4 is 5.91 Å². The standard InChI is InChI=1S/C19H24N4O2/c1-15-11-17(22-14-21-15)5-6-18-13-23(9-10-25-18)19(24)7-4-16-3-2-8-20-12-16/h2-3,8,11-12,14,18H,4-7,9-10,13H2,1H3/t18-/m0/s1. The van der Waals surface area contributed by atoms with Crippen LogP contribution in [0.15, 0.2) is 36.9 Å². The largest absolute Gasteiger partial charge is 0.375 e. The zero-order chi connectivity index (χ0) is 17.5. The van der Waals surface area contributed by atoms with Gasteiger partial charge in [0.1, 0.15) is 6.33 Å². The van der Waals surface area contributed by atoms with Gasteiger partial charge in [0, 0.05) is 43.3 Å². The Labute approximate surface area is 148 Å². The van der Waals surface area contributed by atoms with Crippen molar-refractivity contribution in [3.63, 3.8) is 0 Å². The molecule has 0 unspecified atom stereocenters. The molecule has 132 valence electrons. The maximum Gasteiger partial charge on any atom is 0.223 e. The van der Waals surface area contributed by atoms with E-state index in [1.54, 1.807) is 12.5 Å². The number of pyridine rings is 1. The van der Waals surface area contributed by atoms with Crippen LogP contribution in [0, 0.1) is 6.92 Å². The Hall–Kier alpha value is -2.34. The third-order valence-electron chi connectivity index (χ3n) is 4.42. The van der Waals surface area contributed by atoms with E-state index in [1.165, 1.54) is 0 Å². The van der Waals surface area contributed by atoms with E-state index in [-0.39, 0.29) is 12.0 Å². The summed E-state index contributed by atoms with van der Waals surface area (Å²) < 4.78 is 5.83. The average Bonchev–Trinajstić information content (AvgIpc) is 2.65. The Morgan fingerprint density at radius 1 is 1.36 bits per heavy atom. The normalized spacial score (nSPS) is 17.5. The van der Waals surface area contributed by atoms with Crippen molar-refractivity contribution in [3.05, 3.63) is 53.9 Å². The highest BCUT2D eigenvalue weighted by atomic mass is 16.5. The Morgan fingerprint density at radius 2 is 2.28 bits per heavy atom. The van der Waals surface area contributed by atoms with Gasteiger partial charge < -0.3 is 9.64 Å². The zero-order valence-corrected chi connectivity index (χ0v) is 14.6. The van der Waals surface area contributed by atoms with Crippen molar-refractivity contribution in [2.45, 2.75) is 38.7 Å². The minimum absolute atomic E-state index is 0.0753. The Kier molecular flexibility index (Phi) is 6.06. The van der Waals surface area contributed by atoms with Gasteiger partial charge in [-0.2, -0.15) is 0 Å². The summed E-state index contributed by atoms with van der Waals surface area (Å²) in [7, 11) is 0. The number of aryl methyl sites for hydroxylation is 3. The second-order valence-electron chi connectivity index (χ2n) is 6.38. The van der Waals surface area contributed by atoms with Gasteiger partial charge in [0.05, 0.1) is 12.7 Å². The molecule has 6 heteroatoms. The fraction of sp³-hybridized carbons (Fsp3) is 0.474. The van der Waals surface area contributed by atoms with Gasteiger partial charge in [0.15, 0.2) is 0 Å². The van der Waals surface area contributed by atoms with Crippen LogP contribution in [0.1, 0.15) is 29.8 Å². The van der Waals surface area contributed by atoms with E-state index in [2.05, 4.69) is 15.0 Å². The maximum absolute atomic E-state index is 12.5. The molecule has 3 heterocycles. The molecule has 0 aliphatic carbocycles. The summed E-state index contributed by atoms with van der Waals surface area (Å²) in [4.78, 5) is 26.9. The molecule has 1 aliphatic rings. The molecule has 1 atom stereocenters. The molecule has 3 rings (SSSR count). The number of hydrogen-bond donors (Lipinski definition) is 0. The summed E-state index contributed by atoms with van der Waals surface area (Å²) in [5.74, 6) is 0.190. The lowest BCUT2D eigenvalue weighted by atomic mass is 10.1. The Balaban J connectivity index is 1.46. The minimum atomic E-state index is 0.0753. The lowest BCUT2D eigenvalue weighted by Gasteiger charge is -2.33. The first-order valence-corrected chi connectivity index (χ1v) is 8.76. The van der Waals surface area contributed by atoms with Gasteiger partial charge in [0.25, 0.3) is 0 Å². The summed E-state index contributed by atoms with van der Waals surface area (Å²) in [5.41, 5.74) is 3.10. The lowest BCUT2D eigenvalue weighted by Crippen LogP contribution is -2.45. The number of nitrogens with zero attached hydrogens (tertiary/aromatic N) is 4. The van der Waals surface area contributed by atoms with Gasteiger partial charge in [-0.15, -0.1) is 0 Å². The van der Waals surface area contributed by atoms with E-state index in [9.17, 15) is 4.79 Å². The number of amides is 1. The van der Waals surface area contributed by atoms with Gasteiger partial charge in [-0.25, -0.2) is 9.97 Å². The number of rotatable bonds is 6. The summed E-state index contributed by atoms with van der Waals surface area (Å²) >= 11 is 0. The average molecular weight is 340 g/mol. The van der Waals surface area contributed by atoms with Crippen molar-refractivity contribution in [1.82, 2.24) is 19.9 Å². The fourth-order valence-electron chi connectivity index (χ4n) is 3.03. The van der Waals surface area contributed by atoms with E-state index in [0.29, 0.717) is 26.1 Å². The van der Waals surface area contributed by atoms with Crippen LogP contribution in [-0.4, -0.2) is 51.6 Å². The number of hydrogen-bond acceptors (Lipinski definition) is 5. The molecule has 0 spiro atoms. The molecular weight excluding hydrogens is 316 g/mol. The molecule has 0 bridgehead atoms. The SMILES string of the molecule is Cc1cc(CC[C@H]2CN(C(=O)CCc3cccnc3)CCO2)ncn1. The second-order valence-corrected chi connectivity index (χ2v) is 6.38. The molecular formula is C19H24N4O2. The van der Waals surface area contributed by atoms with E-state index >= 15 is 0 Å². The quantitative estimate of drug-likeness (QED) is 0.804. The van der Waals surface area contributed by atoms with Gasteiger partial charge in [-0.1, -0.05) is 6.07 Å². The molecule has 0 N–H and O–H groups in total. The molecule has 6 nitrogen and oxygen atoms in total. The third-order valence-corrected chi connectivity index (χ3v) is 4.42. The van der Waals surface area contributed by atoms with Gasteiger partial charge in [-0.05, 0) is 43.9 Å². The van der Waals surface area contributed by atoms with Crippen molar-refractivity contribution in [2.75, 3.05) is 19.7 Å². The molecule has 1 aliphatic heterocycles. The van der Waals surface area contributed by atoms with E-state index in [0.717, 1.165) is 36.2 Å². The number of aromatic nitrogens is 3. The number of ether oxygens (including phenoxy) is 1. The smallest absolute Gasteiger partial charge is 0.223 e. The van der Waals surface area contributed by atoms with Crippen LogP contribution in [0.2, 0.25) is 0 Å². The monoisotopic (exact) mass is 340 g/mol. The number of carbonyl (C=O) groups is 1. The highest BCUT2D eigenvalue weighted by Gasteiger charge is 2.23. The summed E-state index contributed by atoms with van der Waals surface area (Å²) in [6.45, 7) is 3.90. The van der Waals surface area contributed by atoms with Gasteiger partial charge in [-0.3, -0.25) is 9.78 Å². The van der Waals surface area contributed by atoms with E-state index < -0.39 is 0 Å². The molecule has 1 fully saturated rings. The predicted molar refractivity (Wildman–Crippen MR) is 94.0 cm³/mol. The first-order chi connectivity index (χ1) is 12.2. The van der Waals surface area contributed by atoms with Crippen LogP contribution < -0.4 is 0 Å². The van der Waals surface area contributed by atoms with Gasteiger partial charge >= 0.3 is 0 Å². The zero-order valence-electron chi connectivity index (χ0n) is 14.6. The van der Waals surface area contributed by atoms with E-state index in [1.807, 2.05) is 36.2 Å². The van der Waals surface area contributed by atoms with Crippen LogP contribution in [0.25, 0.3) is 0 Å². The summed E-state index contributed by atoms with van der Waals surface area (Å²) in [5, 5.41) is 0. The predicted octanol–water partition coefficient (Wildman–Crippen LogP) is 1.97. The highest BCUT2D eigenvalue weighted by Crippen LogP contribution is 2.14. The minimum Gasteiger partial charge on any atom is -0.375 e. The van der Waals surface area contributed by atoms with E-state index in [4.69, 9.17) is 4.74 Å². The molecule has 0 saturated carbocycles. The van der Waals surface area contributed by atoms with Crippen molar-refractivity contribution in [2.24, 2.45) is 0 Å². The number of carbonyl (C=O) groups excluding carboxylic acids is 1. The molecule has 2 aromatic rings. The molecule has 1 saturated heterocycles. The maximum atomic E-state index is 12.5. The highest BCUT2D eigenvalue weighted by molar-refractivity contribution is 5.76. The first kappa shape index (κ1) is 17.5. The first-order valence-electron chi connectivity index (χ1n) is 8.76. The fourth-order valence-corrected chi connectivity index (χ4v) is 3.03. The Morgan fingerprint density at radius 3 is 3.08 bits per heavy atom. The van der Waals surface area contributed by atoms with Gasteiger partial charge in [0.2, 0.25) is 5.91 Å². The van der Waals surface area contributed by atoms with Crippen molar-refractivity contribution in [3.8, 4) is 0 Å². The second kappa shape index (κ2) is 8.67. The summed E-state index contributed by atoms with van der Waals surface area (Å²) in [6.07, 6.45) is 8.19. The molecule has 25 heavy (non-hydrogen) atoms. The van der Waals surface area contributed by atoms with Crippen LogP contribution in [0.4, 0.5) is 0 Å². The molecule has 0 aromatic carbocycles. The van der Waals surface area contributed by atoms with Crippen LogP contribution >= 0.6 is 0 Å². The topological polar surface area (TPSA) is 68.2 Å². The molecule has 2 aromatic heterocycles. The van der Waals surface area contributed by atoms with Crippen molar-refractivity contribution < 1.29 is 9.53 Å². The molecule has 0 radical (unpaired) electrons. The van der Waals surface area contributed by atoms with Crippen LogP contribution in [0.5, 0.6) is 0 Å².